The van der Waals surface area contributed by atoms with Gasteiger partial charge in [0, 0.05) is 23.0 Å². The average Bonchev–Trinajstić information content (AvgIpc) is 3.21. The van der Waals surface area contributed by atoms with Crippen LogP contribution in [-0.2, 0) is 9.59 Å². The molecule has 2 fully saturated rings. The number of pyridine rings is 1. The highest BCUT2D eigenvalue weighted by Crippen LogP contribution is 2.46. The number of imide groups is 1. The minimum atomic E-state index is -0.591. The monoisotopic (exact) mass is 403 g/mol. The normalized spacial score (nSPS) is 23.9. The van der Waals surface area contributed by atoms with Crippen LogP contribution in [0.3, 0.4) is 0 Å². The molecule has 2 saturated heterocycles. The number of aromatic nitrogens is 1. The molecule has 2 aromatic carbocycles. The van der Waals surface area contributed by atoms with Gasteiger partial charge in [0.05, 0.1) is 30.7 Å². The second-order valence-electron chi connectivity index (χ2n) is 7.87. The maximum absolute atomic E-state index is 13.3. The van der Waals surface area contributed by atoms with Crippen LogP contribution in [-0.4, -0.2) is 42.4 Å². The lowest BCUT2D eigenvalue weighted by molar-refractivity contribution is -0.123. The number of hydrogen-bond acceptors (Lipinski definition) is 5. The van der Waals surface area contributed by atoms with Gasteiger partial charge in [-0.1, -0.05) is 18.2 Å². The summed E-state index contributed by atoms with van der Waals surface area (Å²) in [5, 5.41) is 0.817. The number of para-hydroxylation sites is 1. The number of carbonyl (C=O) groups excluding carboxylic acids is 2. The first-order chi connectivity index (χ1) is 14.5. The Balaban J connectivity index is 1.60. The molecule has 1 aromatic heterocycles. The van der Waals surface area contributed by atoms with Crippen molar-refractivity contribution < 1.29 is 14.3 Å². The number of benzene rings is 2. The van der Waals surface area contributed by atoms with E-state index < -0.39 is 17.9 Å². The van der Waals surface area contributed by atoms with Crippen molar-refractivity contribution >= 4 is 28.4 Å². The lowest BCUT2D eigenvalue weighted by Gasteiger charge is -2.25. The number of anilines is 1. The molecule has 2 aliphatic heterocycles. The van der Waals surface area contributed by atoms with E-state index in [0.717, 1.165) is 5.39 Å². The molecule has 5 rings (SSSR count). The van der Waals surface area contributed by atoms with Gasteiger partial charge in [0.1, 0.15) is 5.75 Å². The molecule has 30 heavy (non-hydrogen) atoms. The predicted octanol–water partition coefficient (Wildman–Crippen LogP) is 2.33. The van der Waals surface area contributed by atoms with Crippen LogP contribution in [0, 0.1) is 11.8 Å². The van der Waals surface area contributed by atoms with Crippen molar-refractivity contribution in [1.82, 2.24) is 9.88 Å². The zero-order valence-corrected chi connectivity index (χ0v) is 16.7. The van der Waals surface area contributed by atoms with Gasteiger partial charge in [-0.15, -0.1) is 0 Å². The maximum Gasteiger partial charge on any atom is 0.253 e. The number of rotatable bonds is 3. The van der Waals surface area contributed by atoms with Crippen LogP contribution in [0.4, 0.5) is 5.69 Å². The smallest absolute Gasteiger partial charge is 0.253 e. The largest absolute Gasteiger partial charge is 0.497 e. The number of nitrogens with zero attached hydrogens (tertiary/aromatic N) is 2. The third-order valence-electron chi connectivity index (χ3n) is 6.19. The Hall–Kier alpha value is -3.45. The molecule has 7 heteroatoms. The summed E-state index contributed by atoms with van der Waals surface area (Å²) in [5.41, 5.74) is 1.51. The highest BCUT2D eigenvalue weighted by Gasteiger charge is 2.57. The molecule has 7 nitrogen and oxygen atoms in total. The molecule has 2 aliphatic rings. The number of H-pyrrole nitrogens is 1. The third kappa shape index (κ3) is 2.66. The Morgan fingerprint density at radius 1 is 1.00 bits per heavy atom. The second-order valence-corrected chi connectivity index (χ2v) is 7.87. The van der Waals surface area contributed by atoms with Crippen LogP contribution >= 0.6 is 0 Å². The van der Waals surface area contributed by atoms with Crippen molar-refractivity contribution in [1.29, 1.82) is 0 Å². The predicted molar refractivity (Wildman–Crippen MR) is 112 cm³/mol. The number of fused-ring (bicyclic) bond motifs is 2. The summed E-state index contributed by atoms with van der Waals surface area (Å²) in [6, 6.07) is 15.7. The Kier molecular flexibility index (Phi) is 4.22. The fourth-order valence-electron chi connectivity index (χ4n) is 4.80. The quantitative estimate of drug-likeness (QED) is 0.679. The van der Waals surface area contributed by atoms with Crippen LogP contribution in [0.1, 0.15) is 11.6 Å². The number of hydrogen-bond donors (Lipinski definition) is 1. The number of amides is 2. The SMILES string of the molecule is COc1ccc2[nH]c(=O)c([C@H]3[C@H]4C(=O)N(c5ccccc5)C(=O)[C@H]4CN3C)cc2c1. The van der Waals surface area contributed by atoms with Crippen molar-refractivity contribution in [3.05, 3.63) is 70.5 Å². The van der Waals surface area contributed by atoms with E-state index in [2.05, 4.69) is 4.98 Å². The minimum Gasteiger partial charge on any atom is -0.497 e. The Bertz CT molecular complexity index is 1220. The first kappa shape index (κ1) is 18.6. The zero-order valence-electron chi connectivity index (χ0n) is 16.7. The molecule has 0 spiro atoms. The fraction of sp³-hybridized carbons (Fsp3) is 0.261. The summed E-state index contributed by atoms with van der Waals surface area (Å²) in [4.78, 5) is 45.5. The standard InChI is InChI=1S/C23H21N3O4/c1-25-12-17-19(23(29)26(22(17)28)14-6-4-3-5-7-14)20(25)16-11-13-10-15(30-2)8-9-18(13)24-21(16)27/h3-11,17,19-20H,12H2,1-2H3,(H,24,27)/t17-,19-,20-/m0/s1. The molecular weight excluding hydrogens is 382 g/mol. The molecule has 0 unspecified atom stereocenters. The van der Waals surface area contributed by atoms with E-state index >= 15 is 0 Å². The number of ether oxygens (including phenoxy) is 1. The Morgan fingerprint density at radius 2 is 1.77 bits per heavy atom. The summed E-state index contributed by atoms with van der Waals surface area (Å²) >= 11 is 0. The molecule has 0 bridgehead atoms. The van der Waals surface area contributed by atoms with E-state index in [4.69, 9.17) is 4.74 Å². The summed E-state index contributed by atoms with van der Waals surface area (Å²) in [6.07, 6.45) is 0. The molecule has 0 radical (unpaired) electrons. The molecule has 3 heterocycles. The fourth-order valence-corrected chi connectivity index (χ4v) is 4.80. The summed E-state index contributed by atoms with van der Waals surface area (Å²) in [7, 11) is 3.44. The van der Waals surface area contributed by atoms with Crippen LogP contribution in [0.2, 0.25) is 0 Å². The molecule has 0 aliphatic carbocycles. The number of carbonyl (C=O) groups is 2. The van der Waals surface area contributed by atoms with Crippen LogP contribution in [0.15, 0.2) is 59.4 Å². The van der Waals surface area contributed by atoms with Gasteiger partial charge in [0.15, 0.2) is 0 Å². The number of aromatic amines is 1. The van der Waals surface area contributed by atoms with E-state index in [-0.39, 0.29) is 17.4 Å². The van der Waals surface area contributed by atoms with Crippen molar-refractivity contribution in [2.75, 3.05) is 25.6 Å². The first-order valence-corrected chi connectivity index (χ1v) is 9.83. The highest BCUT2D eigenvalue weighted by molar-refractivity contribution is 6.22. The van der Waals surface area contributed by atoms with Gasteiger partial charge in [-0.25, -0.2) is 4.90 Å². The van der Waals surface area contributed by atoms with Gasteiger partial charge in [0.25, 0.3) is 5.56 Å². The van der Waals surface area contributed by atoms with Gasteiger partial charge in [0.2, 0.25) is 11.8 Å². The second kappa shape index (κ2) is 6.81. The molecule has 152 valence electrons. The first-order valence-electron chi connectivity index (χ1n) is 9.83. The van der Waals surface area contributed by atoms with Crippen molar-refractivity contribution in [3.63, 3.8) is 0 Å². The van der Waals surface area contributed by atoms with Gasteiger partial charge in [-0.05, 0) is 43.4 Å². The van der Waals surface area contributed by atoms with Crippen molar-refractivity contribution in [3.8, 4) is 5.75 Å². The van der Waals surface area contributed by atoms with Crippen molar-refractivity contribution in [2.24, 2.45) is 11.8 Å². The average molecular weight is 403 g/mol. The van der Waals surface area contributed by atoms with Crippen molar-refractivity contribution in [2.45, 2.75) is 6.04 Å². The van der Waals surface area contributed by atoms with E-state index in [9.17, 15) is 14.4 Å². The third-order valence-corrected chi connectivity index (χ3v) is 6.19. The van der Waals surface area contributed by atoms with Gasteiger partial charge >= 0.3 is 0 Å². The Labute approximate surface area is 172 Å². The van der Waals surface area contributed by atoms with E-state index in [0.29, 0.717) is 29.1 Å². The van der Waals surface area contributed by atoms with Crippen LogP contribution in [0.25, 0.3) is 10.9 Å². The van der Waals surface area contributed by atoms with Gasteiger partial charge in [-0.2, -0.15) is 0 Å². The lowest BCUT2D eigenvalue weighted by Crippen LogP contribution is -2.37. The van der Waals surface area contributed by atoms with E-state index in [1.807, 2.05) is 30.1 Å². The summed E-state index contributed by atoms with van der Waals surface area (Å²) < 4.78 is 5.29. The summed E-state index contributed by atoms with van der Waals surface area (Å²) in [5.74, 6) is -0.833. The molecule has 0 saturated carbocycles. The molecule has 1 N–H and O–H groups in total. The number of methoxy groups -OCH3 is 1. The molecule has 3 atom stereocenters. The van der Waals surface area contributed by atoms with Gasteiger partial charge in [-0.3, -0.25) is 19.3 Å². The van der Waals surface area contributed by atoms with Gasteiger partial charge < -0.3 is 9.72 Å². The van der Waals surface area contributed by atoms with Crippen LogP contribution < -0.4 is 15.2 Å². The van der Waals surface area contributed by atoms with Crippen LogP contribution in [0.5, 0.6) is 5.75 Å². The van der Waals surface area contributed by atoms with E-state index in [1.54, 1.807) is 43.5 Å². The summed E-state index contributed by atoms with van der Waals surface area (Å²) in [6.45, 7) is 0.429. The zero-order chi connectivity index (χ0) is 21.0. The maximum atomic E-state index is 13.3. The van der Waals surface area contributed by atoms with E-state index in [1.165, 1.54) is 4.90 Å². The highest BCUT2D eigenvalue weighted by atomic mass is 16.5. The minimum absolute atomic E-state index is 0.204. The molecular formula is C23H21N3O4. The topological polar surface area (TPSA) is 82.7 Å². The molecule has 3 aromatic rings. The molecule has 2 amide bonds. The number of nitrogens with one attached hydrogen (secondary N) is 1. The Morgan fingerprint density at radius 3 is 2.50 bits per heavy atom. The number of likely N-dealkylation sites (tertiary alicyclic amines) is 1. The lowest BCUT2D eigenvalue weighted by atomic mass is 9.89.